The van der Waals surface area contributed by atoms with Crippen molar-refractivity contribution in [3.8, 4) is 0 Å². The molecule has 0 atom stereocenters. The number of allylic oxidation sites excluding steroid dienone is 1. The molecule has 0 aromatic rings. The Balaban J connectivity index is 5.59. The molecule has 0 aliphatic rings. The SMILES string of the molecule is CCCC(C)(C)C(CC)=C(C(=O)O)C(=O)O. The number of carboxylic acids is 2. The summed E-state index contributed by atoms with van der Waals surface area (Å²) in [6.45, 7) is 7.57. The van der Waals surface area contributed by atoms with Crippen molar-refractivity contribution >= 4 is 11.9 Å². The van der Waals surface area contributed by atoms with E-state index in [1.807, 2.05) is 20.8 Å². The van der Waals surface area contributed by atoms with Crippen LogP contribution in [0, 0.1) is 5.41 Å². The van der Waals surface area contributed by atoms with E-state index in [0.29, 0.717) is 12.0 Å². The van der Waals surface area contributed by atoms with E-state index in [2.05, 4.69) is 0 Å². The minimum Gasteiger partial charge on any atom is -0.477 e. The molecule has 0 radical (unpaired) electrons. The fraction of sp³-hybridized carbons (Fsp3) is 0.667. The molecule has 0 fully saturated rings. The van der Waals surface area contributed by atoms with E-state index in [0.717, 1.165) is 12.8 Å². The second-order valence-electron chi connectivity index (χ2n) is 4.45. The maximum Gasteiger partial charge on any atom is 0.343 e. The molecule has 0 saturated heterocycles. The van der Waals surface area contributed by atoms with Crippen molar-refractivity contribution in [2.45, 2.75) is 47.0 Å². The Labute approximate surface area is 96.0 Å². The zero-order chi connectivity index (χ0) is 12.9. The van der Waals surface area contributed by atoms with Gasteiger partial charge in [0.2, 0.25) is 0 Å². The third kappa shape index (κ3) is 3.36. The van der Waals surface area contributed by atoms with E-state index in [1.165, 1.54) is 0 Å². The molecular formula is C12H20O4. The highest BCUT2D eigenvalue weighted by Gasteiger charge is 2.30. The molecule has 16 heavy (non-hydrogen) atoms. The molecule has 4 heteroatoms. The first-order valence-electron chi connectivity index (χ1n) is 5.48. The molecule has 0 aromatic carbocycles. The van der Waals surface area contributed by atoms with Crippen molar-refractivity contribution in [3.05, 3.63) is 11.1 Å². The fourth-order valence-electron chi connectivity index (χ4n) is 2.12. The average molecular weight is 228 g/mol. The van der Waals surface area contributed by atoms with Crippen LogP contribution < -0.4 is 0 Å². The van der Waals surface area contributed by atoms with Crippen molar-refractivity contribution in [2.75, 3.05) is 0 Å². The molecule has 0 heterocycles. The van der Waals surface area contributed by atoms with Crippen molar-refractivity contribution in [2.24, 2.45) is 5.41 Å². The minimum atomic E-state index is -1.35. The Morgan fingerprint density at radius 3 is 1.75 bits per heavy atom. The summed E-state index contributed by atoms with van der Waals surface area (Å²) < 4.78 is 0. The molecule has 0 aliphatic heterocycles. The van der Waals surface area contributed by atoms with Gasteiger partial charge in [0.25, 0.3) is 0 Å². The van der Waals surface area contributed by atoms with Crippen molar-refractivity contribution in [1.82, 2.24) is 0 Å². The Bertz CT molecular complexity index is 297. The molecule has 0 spiro atoms. The zero-order valence-corrected chi connectivity index (χ0v) is 10.3. The lowest BCUT2D eigenvalue weighted by Gasteiger charge is -2.28. The van der Waals surface area contributed by atoms with Crippen molar-refractivity contribution < 1.29 is 19.8 Å². The monoisotopic (exact) mass is 228 g/mol. The molecule has 0 saturated carbocycles. The van der Waals surface area contributed by atoms with Gasteiger partial charge < -0.3 is 10.2 Å². The van der Waals surface area contributed by atoms with Crippen LogP contribution in [0.3, 0.4) is 0 Å². The molecule has 0 unspecified atom stereocenters. The maximum atomic E-state index is 11.0. The largest absolute Gasteiger partial charge is 0.477 e. The minimum absolute atomic E-state index is 0.379. The first kappa shape index (κ1) is 14.7. The third-order valence-electron chi connectivity index (χ3n) is 2.78. The fourth-order valence-corrected chi connectivity index (χ4v) is 2.12. The van der Waals surface area contributed by atoms with Crippen LogP contribution in [0.1, 0.15) is 47.0 Å². The summed E-state index contributed by atoms with van der Waals surface area (Å²) in [5, 5.41) is 17.9. The van der Waals surface area contributed by atoms with Gasteiger partial charge in [-0.1, -0.05) is 34.1 Å². The van der Waals surface area contributed by atoms with Gasteiger partial charge in [0.15, 0.2) is 0 Å². The zero-order valence-electron chi connectivity index (χ0n) is 10.3. The molecule has 2 N–H and O–H groups in total. The summed E-state index contributed by atoms with van der Waals surface area (Å²) in [5.41, 5.74) is -0.342. The summed E-state index contributed by atoms with van der Waals surface area (Å²) in [4.78, 5) is 21.9. The van der Waals surface area contributed by atoms with Gasteiger partial charge in [0.05, 0.1) is 0 Å². The van der Waals surface area contributed by atoms with E-state index >= 15 is 0 Å². The highest BCUT2D eigenvalue weighted by molar-refractivity contribution is 6.13. The smallest absolute Gasteiger partial charge is 0.343 e. The Kier molecular flexibility index (Phi) is 5.21. The topological polar surface area (TPSA) is 74.6 Å². The van der Waals surface area contributed by atoms with Crippen LogP contribution >= 0.6 is 0 Å². The number of carbonyl (C=O) groups is 2. The molecular weight excluding hydrogens is 208 g/mol. The van der Waals surface area contributed by atoms with Gasteiger partial charge in [0.1, 0.15) is 5.57 Å². The maximum absolute atomic E-state index is 11.0. The van der Waals surface area contributed by atoms with Crippen LogP contribution in [0.5, 0.6) is 0 Å². The highest BCUT2D eigenvalue weighted by atomic mass is 16.4. The second-order valence-corrected chi connectivity index (χ2v) is 4.45. The second kappa shape index (κ2) is 5.68. The predicted octanol–water partition coefficient (Wildman–Crippen LogP) is 2.69. The molecule has 0 aromatic heterocycles. The quantitative estimate of drug-likeness (QED) is 0.416. The first-order valence-corrected chi connectivity index (χ1v) is 5.48. The molecule has 0 amide bonds. The molecule has 0 rings (SSSR count). The van der Waals surface area contributed by atoms with E-state index < -0.39 is 17.5 Å². The Morgan fingerprint density at radius 1 is 1.06 bits per heavy atom. The van der Waals surface area contributed by atoms with Crippen LogP contribution in [0.2, 0.25) is 0 Å². The van der Waals surface area contributed by atoms with Crippen LogP contribution in [-0.2, 0) is 9.59 Å². The summed E-state index contributed by atoms with van der Waals surface area (Å²) in [6.07, 6.45) is 2.12. The van der Waals surface area contributed by atoms with E-state index in [4.69, 9.17) is 10.2 Å². The predicted molar refractivity (Wildman–Crippen MR) is 61.3 cm³/mol. The van der Waals surface area contributed by atoms with Crippen LogP contribution in [-0.4, -0.2) is 22.2 Å². The normalized spacial score (nSPS) is 11.0. The van der Waals surface area contributed by atoms with Gasteiger partial charge in [-0.2, -0.15) is 0 Å². The number of hydrogen-bond acceptors (Lipinski definition) is 2. The van der Waals surface area contributed by atoms with E-state index in [1.54, 1.807) is 6.92 Å². The van der Waals surface area contributed by atoms with Gasteiger partial charge in [-0.3, -0.25) is 0 Å². The summed E-state index contributed by atoms with van der Waals surface area (Å²) in [6, 6.07) is 0. The van der Waals surface area contributed by atoms with Crippen LogP contribution in [0.4, 0.5) is 0 Å². The third-order valence-corrected chi connectivity index (χ3v) is 2.78. The van der Waals surface area contributed by atoms with Gasteiger partial charge in [0, 0.05) is 0 Å². The lowest BCUT2D eigenvalue weighted by molar-refractivity contribution is -0.140. The Morgan fingerprint density at radius 2 is 1.50 bits per heavy atom. The van der Waals surface area contributed by atoms with Gasteiger partial charge >= 0.3 is 11.9 Å². The van der Waals surface area contributed by atoms with Gasteiger partial charge in [-0.25, -0.2) is 9.59 Å². The lowest BCUT2D eigenvalue weighted by Crippen LogP contribution is -2.23. The van der Waals surface area contributed by atoms with E-state index in [9.17, 15) is 9.59 Å². The average Bonchev–Trinajstić information content (AvgIpc) is 2.11. The number of carboxylic acid groups (broad SMARTS) is 2. The van der Waals surface area contributed by atoms with Gasteiger partial charge in [-0.05, 0) is 23.8 Å². The summed E-state index contributed by atoms with van der Waals surface area (Å²) in [5.74, 6) is -2.71. The van der Waals surface area contributed by atoms with Crippen LogP contribution in [0.15, 0.2) is 11.1 Å². The Hall–Kier alpha value is -1.32. The summed E-state index contributed by atoms with van der Waals surface area (Å²) in [7, 11) is 0. The molecule has 92 valence electrons. The summed E-state index contributed by atoms with van der Waals surface area (Å²) >= 11 is 0. The number of hydrogen-bond donors (Lipinski definition) is 2. The molecule has 4 nitrogen and oxygen atoms in total. The lowest BCUT2D eigenvalue weighted by atomic mass is 9.76. The number of rotatable bonds is 6. The van der Waals surface area contributed by atoms with Crippen LogP contribution in [0.25, 0.3) is 0 Å². The standard InChI is InChI=1S/C12H20O4/c1-5-7-12(3,4)8(6-2)9(10(13)14)11(15)16/h5-7H2,1-4H3,(H,13,14)(H,15,16). The van der Waals surface area contributed by atoms with Crippen molar-refractivity contribution in [3.63, 3.8) is 0 Å². The van der Waals surface area contributed by atoms with Gasteiger partial charge in [-0.15, -0.1) is 0 Å². The molecule has 0 bridgehead atoms. The van der Waals surface area contributed by atoms with Crippen molar-refractivity contribution in [1.29, 1.82) is 0 Å². The highest BCUT2D eigenvalue weighted by Crippen LogP contribution is 2.35. The number of aliphatic carboxylic acids is 2. The van der Waals surface area contributed by atoms with E-state index in [-0.39, 0.29) is 5.41 Å². The first-order chi connectivity index (χ1) is 7.27. The molecule has 0 aliphatic carbocycles.